The van der Waals surface area contributed by atoms with Gasteiger partial charge in [-0.1, -0.05) is 17.3 Å². The molecular weight excluding hydrogens is 272 g/mol. The topological polar surface area (TPSA) is 80.5 Å². The smallest absolute Gasteiger partial charge is 0.316 e. The number of nitrogens with one attached hydrogen (secondary N) is 1. The lowest BCUT2D eigenvalue weighted by Gasteiger charge is -2.10. The summed E-state index contributed by atoms with van der Waals surface area (Å²) in [6.07, 6.45) is 0.483. The second-order valence-corrected chi connectivity index (χ2v) is 4.62. The highest BCUT2D eigenvalue weighted by Crippen LogP contribution is 2.21. The molecular formula is C14H18N4O3. The Labute approximate surface area is 122 Å². The first kappa shape index (κ1) is 14.8. The summed E-state index contributed by atoms with van der Waals surface area (Å²) in [5, 5.41) is 6.67. The van der Waals surface area contributed by atoms with Crippen LogP contribution in [0.5, 0.6) is 5.75 Å². The normalized spacial score (nSPS) is 10.2. The van der Waals surface area contributed by atoms with Crippen LogP contribution >= 0.6 is 0 Å². The number of urea groups is 1. The maximum absolute atomic E-state index is 11.4. The average molecular weight is 290 g/mol. The molecule has 7 heteroatoms. The molecule has 21 heavy (non-hydrogen) atoms. The largest absolute Gasteiger partial charge is 0.497 e. The van der Waals surface area contributed by atoms with Gasteiger partial charge < -0.3 is 19.5 Å². The van der Waals surface area contributed by atoms with E-state index in [1.54, 1.807) is 21.2 Å². The third-order valence-corrected chi connectivity index (χ3v) is 2.82. The first-order chi connectivity index (χ1) is 10.1. The summed E-state index contributed by atoms with van der Waals surface area (Å²) in [5.74, 6) is 1.71. The van der Waals surface area contributed by atoms with Gasteiger partial charge in [0.2, 0.25) is 11.7 Å². The summed E-state index contributed by atoms with van der Waals surface area (Å²) in [7, 11) is 4.97. The van der Waals surface area contributed by atoms with Crippen LogP contribution in [0, 0.1) is 0 Å². The highest BCUT2D eigenvalue weighted by molar-refractivity contribution is 5.73. The first-order valence-corrected chi connectivity index (χ1v) is 6.52. The van der Waals surface area contributed by atoms with Crippen LogP contribution in [0.15, 0.2) is 28.8 Å². The third-order valence-electron chi connectivity index (χ3n) is 2.82. The summed E-state index contributed by atoms with van der Waals surface area (Å²) in [5.41, 5.74) is 0.821. The van der Waals surface area contributed by atoms with Crippen molar-refractivity contribution >= 4 is 6.03 Å². The number of aromatic nitrogens is 2. The van der Waals surface area contributed by atoms with Gasteiger partial charge in [-0.2, -0.15) is 4.98 Å². The van der Waals surface area contributed by atoms with Gasteiger partial charge in [-0.05, 0) is 12.1 Å². The van der Waals surface area contributed by atoms with Gasteiger partial charge in [0.25, 0.3) is 0 Å². The van der Waals surface area contributed by atoms with Crippen LogP contribution in [0.25, 0.3) is 11.4 Å². The number of rotatable bonds is 5. The van der Waals surface area contributed by atoms with Crippen LogP contribution in [-0.4, -0.2) is 48.8 Å². The summed E-state index contributed by atoms with van der Waals surface area (Å²) in [6, 6.07) is 7.28. The van der Waals surface area contributed by atoms with E-state index in [2.05, 4.69) is 15.5 Å². The zero-order valence-corrected chi connectivity index (χ0v) is 12.3. The maximum Gasteiger partial charge on any atom is 0.316 e. The van der Waals surface area contributed by atoms with Crippen molar-refractivity contribution in [3.8, 4) is 17.1 Å². The number of hydrogen-bond acceptors (Lipinski definition) is 5. The van der Waals surface area contributed by atoms with E-state index in [9.17, 15) is 4.79 Å². The molecule has 0 bridgehead atoms. The Balaban J connectivity index is 1.96. The molecule has 0 radical (unpaired) electrons. The fourth-order valence-corrected chi connectivity index (χ4v) is 1.67. The van der Waals surface area contributed by atoms with E-state index >= 15 is 0 Å². The minimum absolute atomic E-state index is 0.150. The lowest BCUT2D eigenvalue weighted by molar-refractivity contribution is 0.217. The molecule has 0 spiro atoms. The maximum atomic E-state index is 11.4. The molecule has 0 aliphatic heterocycles. The van der Waals surface area contributed by atoms with E-state index in [0.29, 0.717) is 24.7 Å². The van der Waals surface area contributed by atoms with Crippen molar-refractivity contribution in [3.05, 3.63) is 30.2 Å². The highest BCUT2D eigenvalue weighted by atomic mass is 16.5. The van der Waals surface area contributed by atoms with Gasteiger partial charge in [-0.25, -0.2) is 4.79 Å². The summed E-state index contributed by atoms with van der Waals surface area (Å²) in [4.78, 5) is 17.1. The van der Waals surface area contributed by atoms with Gasteiger partial charge in [-0.15, -0.1) is 0 Å². The zero-order valence-electron chi connectivity index (χ0n) is 12.3. The lowest BCUT2D eigenvalue weighted by atomic mass is 10.2. The zero-order chi connectivity index (χ0) is 15.2. The molecule has 0 unspecified atom stereocenters. The SMILES string of the molecule is COc1cccc(-c2noc(CCNC(=O)N(C)C)n2)c1. The number of amides is 2. The quantitative estimate of drug-likeness (QED) is 0.903. The molecule has 0 saturated heterocycles. The standard InChI is InChI=1S/C14H18N4O3/c1-18(2)14(19)15-8-7-12-16-13(17-21-12)10-5-4-6-11(9-10)20-3/h4-6,9H,7-8H2,1-3H3,(H,15,19). The van der Waals surface area contributed by atoms with E-state index in [1.165, 1.54) is 4.90 Å². The van der Waals surface area contributed by atoms with Crippen molar-refractivity contribution < 1.29 is 14.1 Å². The number of hydrogen-bond donors (Lipinski definition) is 1. The Hall–Kier alpha value is -2.57. The number of carbonyl (C=O) groups excluding carboxylic acids is 1. The third kappa shape index (κ3) is 3.95. The predicted molar refractivity (Wildman–Crippen MR) is 77.1 cm³/mol. The fourth-order valence-electron chi connectivity index (χ4n) is 1.67. The van der Waals surface area contributed by atoms with Gasteiger partial charge in [-0.3, -0.25) is 0 Å². The van der Waals surface area contributed by atoms with E-state index in [-0.39, 0.29) is 6.03 Å². The molecule has 1 aromatic heterocycles. The lowest BCUT2D eigenvalue weighted by Crippen LogP contribution is -2.35. The summed E-state index contributed by atoms with van der Waals surface area (Å²) in [6.45, 7) is 0.441. The van der Waals surface area contributed by atoms with Gasteiger partial charge in [0.1, 0.15) is 5.75 Å². The molecule has 1 N–H and O–H groups in total. The molecule has 0 aliphatic rings. The Bertz CT molecular complexity index is 610. The van der Waals surface area contributed by atoms with Crippen molar-refractivity contribution in [2.75, 3.05) is 27.7 Å². The molecule has 2 amide bonds. The van der Waals surface area contributed by atoms with Crippen molar-refractivity contribution in [2.45, 2.75) is 6.42 Å². The van der Waals surface area contributed by atoms with Crippen molar-refractivity contribution in [3.63, 3.8) is 0 Å². The number of nitrogens with zero attached hydrogens (tertiary/aromatic N) is 3. The molecule has 0 atom stereocenters. The van der Waals surface area contributed by atoms with Crippen LogP contribution in [0.3, 0.4) is 0 Å². The van der Waals surface area contributed by atoms with E-state index in [1.807, 2.05) is 24.3 Å². The van der Waals surface area contributed by atoms with Gasteiger partial charge in [0.15, 0.2) is 0 Å². The van der Waals surface area contributed by atoms with E-state index in [4.69, 9.17) is 9.26 Å². The minimum Gasteiger partial charge on any atom is -0.497 e. The van der Waals surface area contributed by atoms with Crippen molar-refractivity contribution in [2.24, 2.45) is 0 Å². The highest BCUT2D eigenvalue weighted by Gasteiger charge is 2.10. The molecule has 0 fully saturated rings. The summed E-state index contributed by atoms with van der Waals surface area (Å²) >= 11 is 0. The van der Waals surface area contributed by atoms with E-state index < -0.39 is 0 Å². The van der Waals surface area contributed by atoms with Crippen molar-refractivity contribution in [1.82, 2.24) is 20.4 Å². The molecule has 2 aromatic rings. The number of benzene rings is 1. The molecule has 1 aromatic carbocycles. The van der Waals surface area contributed by atoms with Crippen LogP contribution in [0.4, 0.5) is 4.79 Å². The molecule has 7 nitrogen and oxygen atoms in total. The predicted octanol–water partition coefficient (Wildman–Crippen LogP) is 1.56. The average Bonchev–Trinajstić information content (AvgIpc) is 2.96. The van der Waals surface area contributed by atoms with Crippen LogP contribution in [-0.2, 0) is 6.42 Å². The molecule has 0 aliphatic carbocycles. The van der Waals surface area contributed by atoms with Gasteiger partial charge >= 0.3 is 6.03 Å². The van der Waals surface area contributed by atoms with Gasteiger partial charge in [0.05, 0.1) is 7.11 Å². The molecule has 2 rings (SSSR count). The molecule has 0 saturated carbocycles. The molecule has 112 valence electrons. The van der Waals surface area contributed by atoms with Gasteiger partial charge in [0, 0.05) is 32.6 Å². The van der Waals surface area contributed by atoms with Crippen LogP contribution < -0.4 is 10.1 Å². The first-order valence-electron chi connectivity index (χ1n) is 6.52. The fraction of sp³-hybridized carbons (Fsp3) is 0.357. The monoisotopic (exact) mass is 290 g/mol. The number of carbonyl (C=O) groups is 1. The number of ether oxygens (including phenoxy) is 1. The Morgan fingerprint density at radius 2 is 2.24 bits per heavy atom. The van der Waals surface area contributed by atoms with Crippen LogP contribution in [0.1, 0.15) is 5.89 Å². The second kappa shape index (κ2) is 6.74. The number of methoxy groups -OCH3 is 1. The second-order valence-electron chi connectivity index (χ2n) is 4.62. The van der Waals surface area contributed by atoms with Crippen molar-refractivity contribution in [1.29, 1.82) is 0 Å². The molecule has 1 heterocycles. The van der Waals surface area contributed by atoms with Crippen LogP contribution in [0.2, 0.25) is 0 Å². The Morgan fingerprint density at radius 1 is 1.43 bits per heavy atom. The Morgan fingerprint density at radius 3 is 2.95 bits per heavy atom. The summed E-state index contributed by atoms with van der Waals surface area (Å²) < 4.78 is 10.3. The minimum atomic E-state index is -0.150. The van der Waals surface area contributed by atoms with E-state index in [0.717, 1.165) is 11.3 Å². The Kier molecular flexibility index (Phi) is 4.76.